The number of rotatable bonds is 10. The molecule has 0 aliphatic carbocycles. The van der Waals surface area contributed by atoms with Gasteiger partial charge in [-0.15, -0.1) is 21.5 Å². The molecule has 0 spiro atoms. The number of anilines is 4. The van der Waals surface area contributed by atoms with Gasteiger partial charge >= 0.3 is 5.97 Å². The van der Waals surface area contributed by atoms with Crippen LogP contribution in [0.1, 0.15) is 44.9 Å². The van der Waals surface area contributed by atoms with Crippen LogP contribution in [0.15, 0.2) is 42.5 Å². The van der Waals surface area contributed by atoms with Crippen molar-refractivity contribution in [2.75, 3.05) is 63.1 Å². The molecule has 0 saturated carbocycles. The smallest absolute Gasteiger partial charge is 0.355 e. The lowest BCUT2D eigenvalue weighted by Crippen LogP contribution is -2.61. The highest BCUT2D eigenvalue weighted by Crippen LogP contribution is 2.39. The molecular weight excluding hydrogens is 690 g/mol. The summed E-state index contributed by atoms with van der Waals surface area (Å²) in [6.45, 7) is 6.99. The molecule has 264 valence electrons. The predicted molar refractivity (Wildman–Crippen MR) is 198 cm³/mol. The van der Waals surface area contributed by atoms with Crippen molar-refractivity contribution in [3.63, 3.8) is 0 Å². The normalized spacial score (nSPS) is 15.6. The Hall–Kier alpha value is -4.72. The average Bonchev–Trinajstić information content (AvgIpc) is 3.73. The Morgan fingerprint density at radius 2 is 1.96 bits per heavy atom. The summed E-state index contributed by atoms with van der Waals surface area (Å²) in [7, 11) is 2.02. The number of fused-ring (bicyclic) bond motifs is 2. The molecule has 2 aliphatic rings. The maximum atomic E-state index is 14.8. The summed E-state index contributed by atoms with van der Waals surface area (Å²) in [5.41, 5.74) is 3.53. The first-order valence-corrected chi connectivity index (χ1v) is 18.5. The van der Waals surface area contributed by atoms with Crippen LogP contribution in [0.3, 0.4) is 0 Å². The van der Waals surface area contributed by atoms with Crippen LogP contribution < -0.4 is 20.8 Å². The van der Waals surface area contributed by atoms with Crippen LogP contribution in [0.5, 0.6) is 5.75 Å². The number of carbonyl (C=O) groups is 1. The summed E-state index contributed by atoms with van der Waals surface area (Å²) in [5.74, 6) is 12.2. The summed E-state index contributed by atoms with van der Waals surface area (Å²) in [4.78, 5) is 26.2. The molecule has 12 nitrogen and oxygen atoms in total. The van der Waals surface area contributed by atoms with Crippen LogP contribution in [0.2, 0.25) is 0 Å². The van der Waals surface area contributed by atoms with E-state index in [4.69, 9.17) is 10.6 Å². The highest BCUT2D eigenvalue weighted by atomic mass is 32.1. The summed E-state index contributed by atoms with van der Waals surface area (Å²) in [5, 5.41) is 23.7. The van der Waals surface area contributed by atoms with E-state index < -0.39 is 11.8 Å². The number of likely N-dealkylation sites (N-methyl/N-ethyl adjacent to an activating group) is 1. The minimum absolute atomic E-state index is 0.00991. The third kappa shape index (κ3) is 7.95. The average molecular weight is 729 g/mol. The summed E-state index contributed by atoms with van der Waals surface area (Å²) in [6, 6.07) is 12.7. The first-order chi connectivity index (χ1) is 24.6. The van der Waals surface area contributed by atoms with Gasteiger partial charge in [-0.3, -0.25) is 4.90 Å². The van der Waals surface area contributed by atoms with Crippen molar-refractivity contribution in [3.8, 4) is 17.6 Å². The van der Waals surface area contributed by atoms with E-state index in [1.807, 2.05) is 43.1 Å². The number of para-hydroxylation sites is 1. The molecule has 1 saturated heterocycles. The molecule has 5 aromatic rings. The number of benzene rings is 2. The largest absolute Gasteiger partial charge is 0.491 e. The van der Waals surface area contributed by atoms with Crippen molar-refractivity contribution in [3.05, 3.63) is 75.5 Å². The number of halogens is 1. The van der Waals surface area contributed by atoms with Gasteiger partial charge < -0.3 is 20.1 Å². The number of thiazole rings is 2. The van der Waals surface area contributed by atoms with Crippen LogP contribution in [-0.2, 0) is 12.8 Å². The molecule has 2 aromatic carbocycles. The lowest BCUT2D eigenvalue weighted by atomic mass is 10.0. The first kappa shape index (κ1) is 34.7. The fourth-order valence-electron chi connectivity index (χ4n) is 6.19. The van der Waals surface area contributed by atoms with Crippen LogP contribution in [0, 0.1) is 24.6 Å². The minimum atomic E-state index is -1.09. The van der Waals surface area contributed by atoms with Gasteiger partial charge in [0.15, 0.2) is 39.2 Å². The summed E-state index contributed by atoms with van der Waals surface area (Å²) < 4.78 is 22.2. The fraction of sp³-hybridized carbons (Fsp3) is 0.361. The molecule has 0 amide bonds. The zero-order valence-corrected chi connectivity index (χ0v) is 30.1. The van der Waals surface area contributed by atoms with Gasteiger partial charge in [-0.1, -0.05) is 35.3 Å². The Labute approximate surface area is 303 Å². The highest BCUT2D eigenvalue weighted by Gasteiger charge is 2.29. The van der Waals surface area contributed by atoms with Crippen molar-refractivity contribution in [1.29, 1.82) is 0 Å². The molecule has 0 atom stereocenters. The van der Waals surface area contributed by atoms with Crippen LogP contribution in [0.4, 0.5) is 26.3 Å². The number of ether oxygens (including phenoxy) is 1. The molecular formula is C36H39FN9O3S2+. The van der Waals surface area contributed by atoms with Crippen molar-refractivity contribution >= 4 is 60.8 Å². The van der Waals surface area contributed by atoms with Gasteiger partial charge in [0.25, 0.3) is 0 Å². The molecule has 15 heteroatoms. The van der Waals surface area contributed by atoms with Gasteiger partial charge in [0.05, 0.1) is 43.5 Å². The lowest BCUT2D eigenvalue weighted by Gasteiger charge is -2.36. The van der Waals surface area contributed by atoms with Gasteiger partial charge in [-0.25, -0.2) is 23.7 Å². The molecule has 2 aliphatic heterocycles. The van der Waals surface area contributed by atoms with Gasteiger partial charge in [0.1, 0.15) is 13.1 Å². The zero-order chi connectivity index (χ0) is 35.5. The number of aromatic carboxylic acids is 1. The van der Waals surface area contributed by atoms with Crippen molar-refractivity contribution in [2.24, 2.45) is 5.84 Å². The molecule has 4 N–H and O–H groups in total. The Kier molecular flexibility index (Phi) is 10.1. The second kappa shape index (κ2) is 14.9. The summed E-state index contributed by atoms with van der Waals surface area (Å²) in [6.07, 6.45) is 2.57. The monoisotopic (exact) mass is 728 g/mol. The molecule has 51 heavy (non-hydrogen) atoms. The topological polar surface area (TPSA) is 143 Å². The quantitative estimate of drug-likeness (QED) is 0.0725. The Balaban J connectivity index is 0.971. The maximum absolute atomic E-state index is 14.8. The number of hydrogen-bond acceptors (Lipinski definition) is 12. The molecule has 7 rings (SSSR count). The number of piperazine rings is 1. The Morgan fingerprint density at radius 1 is 1.14 bits per heavy atom. The highest BCUT2D eigenvalue weighted by molar-refractivity contribution is 7.22. The van der Waals surface area contributed by atoms with Gasteiger partial charge in [0.2, 0.25) is 0 Å². The SMILES string of the molecule is Cc1c(Nc2nc3ccccc3s2)nnc2c1CCCN2c1nc(C(=O)O)c(CCCOc2ccc(C#CCN3CC[N+](C)(N)CC3)cc2F)s1. The van der Waals surface area contributed by atoms with E-state index in [0.717, 1.165) is 65.5 Å². The van der Waals surface area contributed by atoms with Crippen LogP contribution in [-0.4, -0.2) is 93.7 Å². The van der Waals surface area contributed by atoms with Gasteiger partial charge in [0, 0.05) is 28.1 Å². The lowest BCUT2D eigenvalue weighted by molar-refractivity contribution is -0.925. The van der Waals surface area contributed by atoms with Crippen molar-refractivity contribution in [2.45, 2.75) is 32.6 Å². The molecule has 5 heterocycles. The number of nitrogens with one attached hydrogen (secondary N) is 1. The van der Waals surface area contributed by atoms with Crippen molar-refractivity contribution < 1.29 is 23.6 Å². The maximum Gasteiger partial charge on any atom is 0.355 e. The van der Waals surface area contributed by atoms with Gasteiger partial charge in [-0.2, -0.15) is 5.84 Å². The number of aryl methyl sites for hydroxylation is 1. The van der Waals surface area contributed by atoms with E-state index in [1.54, 1.807) is 23.5 Å². The number of nitrogens with zero attached hydrogens (tertiary/aromatic N) is 7. The molecule has 3 aromatic heterocycles. The molecule has 0 bridgehead atoms. The standard InChI is InChI=1S/C36H38FN9O3S2/c1-23-25-9-6-16-45(33(25)43-42-32(23)41-35-39-27-10-3-4-11-29(27)50-35)36-40-31(34(47)48)30(51-36)12-7-21-49-28-14-13-24(22-26(28)37)8-5-15-44-17-19-46(2,38)20-18-44/h3-4,10-11,13-14,22H,6-7,9,12,15-21,38H2,1-2H3,(H-,39,41,42,47,48)/p+1. The second-order valence-corrected chi connectivity index (χ2v) is 15.1. The van der Waals surface area contributed by atoms with Crippen molar-refractivity contribution in [1.82, 2.24) is 25.1 Å². The molecule has 1 fully saturated rings. The number of quaternary nitrogens is 1. The number of carboxylic acid groups (broad SMARTS) is 1. The van der Waals surface area contributed by atoms with Crippen LogP contribution in [0.25, 0.3) is 10.2 Å². The number of hydrogen-bond donors (Lipinski definition) is 3. The minimum Gasteiger partial charge on any atom is -0.491 e. The van der Waals surface area contributed by atoms with Crippen LogP contribution >= 0.6 is 22.7 Å². The van der Waals surface area contributed by atoms with Gasteiger partial charge in [-0.05, 0) is 62.9 Å². The zero-order valence-electron chi connectivity index (χ0n) is 28.5. The van der Waals surface area contributed by atoms with E-state index in [0.29, 0.717) is 57.7 Å². The third-order valence-electron chi connectivity index (χ3n) is 9.15. The number of aromatic nitrogens is 4. The second-order valence-electron chi connectivity index (χ2n) is 13.0. The van der Waals surface area contributed by atoms with E-state index in [-0.39, 0.29) is 18.1 Å². The first-order valence-electron chi connectivity index (χ1n) is 16.9. The Morgan fingerprint density at radius 3 is 2.75 bits per heavy atom. The molecule has 0 unspecified atom stereocenters. The number of nitrogens with two attached hydrogens (primary N) is 1. The molecule has 0 radical (unpaired) electrons. The van der Waals surface area contributed by atoms with E-state index in [2.05, 4.69) is 42.2 Å². The predicted octanol–water partition coefficient (Wildman–Crippen LogP) is 5.52. The van der Waals surface area contributed by atoms with E-state index >= 15 is 0 Å². The van der Waals surface area contributed by atoms with E-state index in [1.165, 1.54) is 17.4 Å². The third-order valence-corrected chi connectivity index (χ3v) is 11.2. The summed E-state index contributed by atoms with van der Waals surface area (Å²) >= 11 is 2.88. The number of carboxylic acids is 1. The fourth-order valence-corrected chi connectivity index (χ4v) is 8.17. The van der Waals surface area contributed by atoms with E-state index in [9.17, 15) is 14.3 Å². The Bertz CT molecular complexity index is 2100.